The number of nitrogens with zero attached hydrogens (tertiary/aromatic N) is 1. The zero-order chi connectivity index (χ0) is 18.4. The maximum absolute atomic E-state index is 10.7. The van der Waals surface area contributed by atoms with Gasteiger partial charge in [-0.3, -0.25) is 4.90 Å². The van der Waals surface area contributed by atoms with E-state index in [4.69, 9.17) is 4.74 Å². The molecule has 146 valence electrons. The molecule has 1 aromatic carbocycles. The molecule has 2 fully saturated rings. The third kappa shape index (κ3) is 5.05. The molecule has 0 spiro atoms. The molecule has 1 aliphatic heterocycles. The van der Waals surface area contributed by atoms with E-state index < -0.39 is 12.2 Å². The monoisotopic (exact) mass is 362 g/mol. The predicted octanol–water partition coefficient (Wildman–Crippen LogP) is 1.57. The highest BCUT2D eigenvalue weighted by Gasteiger charge is 2.45. The third-order valence-electron chi connectivity index (χ3n) is 5.96. The van der Waals surface area contributed by atoms with E-state index in [-0.39, 0.29) is 18.8 Å². The van der Waals surface area contributed by atoms with Gasteiger partial charge in [-0.2, -0.15) is 0 Å². The lowest BCUT2D eigenvalue weighted by molar-refractivity contribution is -0.0220. The number of rotatable bonds is 8. The van der Waals surface area contributed by atoms with E-state index in [9.17, 15) is 10.2 Å². The summed E-state index contributed by atoms with van der Waals surface area (Å²) in [4.78, 5) is 2.19. The van der Waals surface area contributed by atoms with Crippen molar-refractivity contribution < 1.29 is 14.9 Å². The van der Waals surface area contributed by atoms with Crippen LogP contribution in [0.5, 0.6) is 0 Å². The predicted molar refractivity (Wildman–Crippen MR) is 103 cm³/mol. The van der Waals surface area contributed by atoms with Gasteiger partial charge in [0.15, 0.2) is 0 Å². The minimum atomic E-state index is -0.654. The molecule has 1 aromatic rings. The van der Waals surface area contributed by atoms with E-state index in [2.05, 4.69) is 34.5 Å². The molecule has 26 heavy (non-hydrogen) atoms. The Morgan fingerprint density at radius 3 is 2.54 bits per heavy atom. The number of nitrogens with one attached hydrogen (secondary N) is 1. The second-order valence-electron chi connectivity index (χ2n) is 7.84. The van der Waals surface area contributed by atoms with Crippen molar-refractivity contribution in [1.29, 1.82) is 0 Å². The second-order valence-corrected chi connectivity index (χ2v) is 7.84. The van der Waals surface area contributed by atoms with Crippen molar-refractivity contribution in [3.8, 4) is 0 Å². The average Bonchev–Trinajstić information content (AvgIpc) is 3.01. The summed E-state index contributed by atoms with van der Waals surface area (Å²) in [6, 6.07) is 10.9. The highest BCUT2D eigenvalue weighted by atomic mass is 16.5. The van der Waals surface area contributed by atoms with Gasteiger partial charge in [-0.25, -0.2) is 0 Å². The van der Waals surface area contributed by atoms with Crippen molar-refractivity contribution in [2.45, 2.75) is 68.9 Å². The molecule has 1 saturated heterocycles. The topological polar surface area (TPSA) is 65.0 Å². The quantitative estimate of drug-likeness (QED) is 0.655. The number of likely N-dealkylation sites (N-methyl/N-ethyl adjacent to an activating group) is 1. The Morgan fingerprint density at radius 2 is 1.85 bits per heavy atom. The molecular formula is C21H34N2O3. The fraction of sp³-hybridized carbons (Fsp3) is 0.714. The molecule has 1 aliphatic carbocycles. The van der Waals surface area contributed by atoms with Crippen molar-refractivity contribution in [2.75, 3.05) is 26.7 Å². The Morgan fingerprint density at radius 1 is 1.12 bits per heavy atom. The molecule has 0 unspecified atom stereocenters. The van der Waals surface area contributed by atoms with Crippen molar-refractivity contribution in [2.24, 2.45) is 0 Å². The number of benzene rings is 1. The van der Waals surface area contributed by atoms with Crippen LogP contribution in [0.25, 0.3) is 0 Å². The first-order valence-corrected chi connectivity index (χ1v) is 10.1. The van der Waals surface area contributed by atoms with Gasteiger partial charge in [-0.1, -0.05) is 49.6 Å². The van der Waals surface area contributed by atoms with Gasteiger partial charge < -0.3 is 20.3 Å². The second kappa shape index (κ2) is 9.81. The highest BCUT2D eigenvalue weighted by molar-refractivity contribution is 5.15. The molecule has 0 bridgehead atoms. The van der Waals surface area contributed by atoms with Crippen LogP contribution < -0.4 is 5.32 Å². The number of ether oxygens (including phenoxy) is 1. The first-order chi connectivity index (χ1) is 12.7. The van der Waals surface area contributed by atoms with Crippen molar-refractivity contribution in [1.82, 2.24) is 10.2 Å². The van der Waals surface area contributed by atoms with Gasteiger partial charge in [0.1, 0.15) is 12.2 Å². The first kappa shape index (κ1) is 19.8. The van der Waals surface area contributed by atoms with Gasteiger partial charge in [0.2, 0.25) is 0 Å². The lowest BCUT2D eigenvalue weighted by Crippen LogP contribution is -2.50. The molecule has 1 heterocycles. The van der Waals surface area contributed by atoms with Crippen LogP contribution in [-0.2, 0) is 11.2 Å². The zero-order valence-electron chi connectivity index (χ0n) is 15.9. The molecule has 1 saturated carbocycles. The van der Waals surface area contributed by atoms with Crippen LogP contribution in [-0.4, -0.2) is 72.3 Å². The van der Waals surface area contributed by atoms with Crippen LogP contribution in [0, 0.1) is 0 Å². The summed E-state index contributed by atoms with van der Waals surface area (Å²) in [5.41, 5.74) is 1.29. The van der Waals surface area contributed by atoms with Crippen molar-refractivity contribution in [3.05, 3.63) is 35.9 Å². The molecule has 4 atom stereocenters. The van der Waals surface area contributed by atoms with E-state index in [0.29, 0.717) is 6.04 Å². The van der Waals surface area contributed by atoms with Crippen LogP contribution in [0.2, 0.25) is 0 Å². The normalized spacial score (nSPS) is 30.2. The SMILES string of the molecule is CN(CCc1ccccc1)[C@@H]1[C@H](O)[C@H](CO)O[C@@H]1CNC1CCCCC1. The van der Waals surface area contributed by atoms with Gasteiger partial charge in [0.05, 0.1) is 18.8 Å². The zero-order valence-corrected chi connectivity index (χ0v) is 15.9. The summed E-state index contributed by atoms with van der Waals surface area (Å²) in [5, 5.41) is 23.9. The molecule has 5 nitrogen and oxygen atoms in total. The molecule has 2 aliphatic rings. The standard InChI is InChI=1S/C21H34N2O3/c1-23(13-12-16-8-4-2-5-9-16)20-18(26-19(15-24)21(20)25)14-22-17-10-6-3-7-11-17/h2,4-5,8-9,17-22,24-25H,3,6-7,10-15H2,1H3/t18-,19+,20+,21-/m1/s1. The van der Waals surface area contributed by atoms with Gasteiger partial charge in [0, 0.05) is 19.1 Å². The molecule has 5 heteroatoms. The summed E-state index contributed by atoms with van der Waals surface area (Å²) in [7, 11) is 2.05. The Balaban J connectivity index is 1.56. The Bertz CT molecular complexity index is 521. The van der Waals surface area contributed by atoms with Crippen LogP contribution in [0.15, 0.2) is 30.3 Å². The Hall–Kier alpha value is -0.980. The minimum Gasteiger partial charge on any atom is -0.394 e. The highest BCUT2D eigenvalue weighted by Crippen LogP contribution is 2.26. The summed E-state index contributed by atoms with van der Waals surface area (Å²) < 4.78 is 6.00. The Kier molecular flexibility index (Phi) is 7.46. The molecule has 0 amide bonds. The van der Waals surface area contributed by atoms with Crippen molar-refractivity contribution >= 4 is 0 Å². The summed E-state index contributed by atoms with van der Waals surface area (Å²) in [5.74, 6) is 0. The van der Waals surface area contributed by atoms with E-state index in [1.54, 1.807) is 0 Å². The number of aliphatic hydroxyl groups is 2. The minimum absolute atomic E-state index is 0.0908. The van der Waals surface area contributed by atoms with Crippen LogP contribution >= 0.6 is 0 Å². The van der Waals surface area contributed by atoms with Gasteiger partial charge in [-0.15, -0.1) is 0 Å². The number of hydrogen-bond acceptors (Lipinski definition) is 5. The van der Waals surface area contributed by atoms with Crippen molar-refractivity contribution in [3.63, 3.8) is 0 Å². The maximum atomic E-state index is 10.7. The molecule has 0 aromatic heterocycles. The van der Waals surface area contributed by atoms with E-state index in [0.717, 1.165) is 19.5 Å². The van der Waals surface area contributed by atoms with E-state index >= 15 is 0 Å². The van der Waals surface area contributed by atoms with Gasteiger partial charge in [0.25, 0.3) is 0 Å². The smallest absolute Gasteiger partial charge is 0.109 e. The largest absolute Gasteiger partial charge is 0.394 e. The maximum Gasteiger partial charge on any atom is 0.109 e. The van der Waals surface area contributed by atoms with E-state index in [1.807, 2.05) is 13.1 Å². The summed E-state index contributed by atoms with van der Waals surface area (Å²) in [6.45, 7) is 1.45. The number of hydrogen-bond donors (Lipinski definition) is 3. The number of aliphatic hydroxyl groups excluding tert-OH is 2. The van der Waals surface area contributed by atoms with Gasteiger partial charge in [-0.05, 0) is 31.9 Å². The third-order valence-corrected chi connectivity index (χ3v) is 5.96. The van der Waals surface area contributed by atoms with Crippen LogP contribution in [0.3, 0.4) is 0 Å². The summed E-state index contributed by atoms with van der Waals surface area (Å²) >= 11 is 0. The molecule has 0 radical (unpaired) electrons. The average molecular weight is 363 g/mol. The van der Waals surface area contributed by atoms with Gasteiger partial charge >= 0.3 is 0 Å². The molecular weight excluding hydrogens is 328 g/mol. The fourth-order valence-electron chi connectivity index (χ4n) is 4.38. The van der Waals surface area contributed by atoms with E-state index in [1.165, 1.54) is 37.7 Å². The Labute approximate surface area is 157 Å². The molecule has 3 N–H and O–H groups in total. The summed E-state index contributed by atoms with van der Waals surface area (Å²) in [6.07, 6.45) is 6.10. The fourth-order valence-corrected chi connectivity index (χ4v) is 4.38. The lowest BCUT2D eigenvalue weighted by atomic mass is 9.95. The molecule has 3 rings (SSSR count). The van der Waals surface area contributed by atoms with Crippen LogP contribution in [0.1, 0.15) is 37.7 Å². The first-order valence-electron chi connectivity index (χ1n) is 10.1. The lowest BCUT2D eigenvalue weighted by Gasteiger charge is -2.32. The van der Waals surface area contributed by atoms with Crippen LogP contribution in [0.4, 0.5) is 0 Å².